The number of rotatable bonds is 1. The Morgan fingerprint density at radius 3 is 2.67 bits per heavy atom. The largest absolute Gasteiger partial charge is 0.380 e. The minimum Gasteiger partial charge on any atom is -0.380 e. The number of hydrogen-bond donors (Lipinski definition) is 2. The molecule has 1 heterocycles. The molecule has 5 heteroatoms. The molecule has 1 aromatic carbocycles. The van der Waals surface area contributed by atoms with Crippen LogP contribution in [-0.2, 0) is 0 Å². The first-order valence-corrected chi connectivity index (χ1v) is 5.14. The standard InChI is InChI=1S/C10H9BrFN3/c1-5-2-6(4-7(11)3-5)9-8(12)10(13)15-14-9/h2-4H,1H3,(H3,13,14,15). The molecule has 3 nitrogen and oxygen atoms in total. The van der Waals surface area contributed by atoms with E-state index in [1.165, 1.54) is 0 Å². The van der Waals surface area contributed by atoms with Gasteiger partial charge in [0.15, 0.2) is 11.6 Å². The number of nitrogens with two attached hydrogens (primary N) is 1. The van der Waals surface area contributed by atoms with E-state index >= 15 is 0 Å². The third-order valence-corrected chi connectivity index (χ3v) is 2.52. The first kappa shape index (κ1) is 10.2. The minimum atomic E-state index is -0.507. The highest BCUT2D eigenvalue weighted by Gasteiger charge is 2.12. The Bertz CT molecular complexity index is 487. The molecular weight excluding hydrogens is 261 g/mol. The topological polar surface area (TPSA) is 54.7 Å². The molecule has 15 heavy (non-hydrogen) atoms. The summed E-state index contributed by atoms with van der Waals surface area (Å²) in [6, 6.07) is 5.62. The molecule has 0 amide bonds. The number of aromatic nitrogens is 2. The second-order valence-corrected chi connectivity index (χ2v) is 4.23. The summed E-state index contributed by atoms with van der Waals surface area (Å²) in [7, 11) is 0. The Morgan fingerprint density at radius 1 is 1.40 bits per heavy atom. The zero-order valence-electron chi connectivity index (χ0n) is 8.01. The molecule has 1 aromatic heterocycles. The number of aryl methyl sites for hydroxylation is 1. The van der Waals surface area contributed by atoms with Crippen LogP contribution in [0.15, 0.2) is 22.7 Å². The number of halogens is 2. The second-order valence-electron chi connectivity index (χ2n) is 3.32. The van der Waals surface area contributed by atoms with E-state index in [2.05, 4.69) is 26.1 Å². The van der Waals surface area contributed by atoms with Gasteiger partial charge in [-0.1, -0.05) is 15.9 Å². The fraction of sp³-hybridized carbons (Fsp3) is 0.100. The van der Waals surface area contributed by atoms with Crippen molar-refractivity contribution in [1.82, 2.24) is 10.2 Å². The van der Waals surface area contributed by atoms with Crippen molar-refractivity contribution in [3.05, 3.63) is 34.1 Å². The van der Waals surface area contributed by atoms with Crippen molar-refractivity contribution < 1.29 is 4.39 Å². The van der Waals surface area contributed by atoms with Gasteiger partial charge < -0.3 is 5.73 Å². The molecule has 0 fully saturated rings. The third kappa shape index (κ3) is 1.87. The summed E-state index contributed by atoms with van der Waals surface area (Å²) < 4.78 is 14.4. The molecule has 0 aliphatic rings. The van der Waals surface area contributed by atoms with Gasteiger partial charge in [-0.3, -0.25) is 5.10 Å². The van der Waals surface area contributed by atoms with Crippen LogP contribution in [0.5, 0.6) is 0 Å². The Kier molecular flexibility index (Phi) is 2.48. The zero-order valence-corrected chi connectivity index (χ0v) is 9.60. The van der Waals surface area contributed by atoms with Crippen LogP contribution in [0, 0.1) is 12.7 Å². The maximum Gasteiger partial charge on any atom is 0.192 e. The SMILES string of the molecule is Cc1cc(Br)cc(-c2[nH]nc(N)c2F)c1. The molecule has 2 rings (SSSR count). The van der Waals surface area contributed by atoms with Gasteiger partial charge in [-0.25, -0.2) is 4.39 Å². The molecule has 0 atom stereocenters. The van der Waals surface area contributed by atoms with Crippen LogP contribution >= 0.6 is 15.9 Å². The lowest BCUT2D eigenvalue weighted by Crippen LogP contribution is -1.88. The van der Waals surface area contributed by atoms with E-state index in [0.717, 1.165) is 15.6 Å². The monoisotopic (exact) mass is 269 g/mol. The van der Waals surface area contributed by atoms with E-state index in [1.807, 2.05) is 25.1 Å². The summed E-state index contributed by atoms with van der Waals surface area (Å²) in [6.45, 7) is 1.94. The number of hydrogen-bond acceptors (Lipinski definition) is 2. The summed E-state index contributed by atoms with van der Waals surface area (Å²) in [5.74, 6) is -0.616. The van der Waals surface area contributed by atoms with Crippen molar-refractivity contribution in [2.24, 2.45) is 0 Å². The van der Waals surface area contributed by atoms with Gasteiger partial charge in [0.2, 0.25) is 0 Å². The molecule has 0 aliphatic heterocycles. The van der Waals surface area contributed by atoms with Crippen LogP contribution in [0.2, 0.25) is 0 Å². The number of anilines is 1. The lowest BCUT2D eigenvalue weighted by molar-refractivity contribution is 0.636. The fourth-order valence-corrected chi connectivity index (χ4v) is 2.02. The van der Waals surface area contributed by atoms with Crippen LogP contribution in [0.25, 0.3) is 11.3 Å². The van der Waals surface area contributed by atoms with Gasteiger partial charge in [-0.2, -0.15) is 5.10 Å². The average Bonchev–Trinajstić information content (AvgIpc) is 2.46. The summed E-state index contributed by atoms with van der Waals surface area (Å²) in [4.78, 5) is 0. The van der Waals surface area contributed by atoms with Gasteiger partial charge in [0.25, 0.3) is 0 Å². The van der Waals surface area contributed by atoms with E-state index < -0.39 is 5.82 Å². The highest BCUT2D eigenvalue weighted by molar-refractivity contribution is 9.10. The number of benzene rings is 1. The van der Waals surface area contributed by atoms with Crippen molar-refractivity contribution >= 4 is 21.7 Å². The average molecular weight is 270 g/mol. The predicted molar refractivity (Wildman–Crippen MR) is 60.8 cm³/mol. The summed E-state index contributed by atoms with van der Waals surface area (Å²) >= 11 is 3.35. The van der Waals surface area contributed by atoms with Crippen molar-refractivity contribution in [3.8, 4) is 11.3 Å². The van der Waals surface area contributed by atoms with Crippen LogP contribution < -0.4 is 5.73 Å². The molecule has 78 valence electrons. The number of aromatic amines is 1. The molecule has 0 saturated carbocycles. The molecule has 0 bridgehead atoms. The Hall–Kier alpha value is -1.36. The minimum absolute atomic E-state index is 0.109. The first-order chi connectivity index (χ1) is 7.08. The zero-order chi connectivity index (χ0) is 11.0. The molecule has 0 unspecified atom stereocenters. The lowest BCUT2D eigenvalue weighted by Gasteiger charge is -2.01. The van der Waals surface area contributed by atoms with E-state index in [9.17, 15) is 4.39 Å². The number of nitrogen functional groups attached to an aromatic ring is 1. The third-order valence-electron chi connectivity index (χ3n) is 2.06. The molecule has 2 aromatic rings. The van der Waals surface area contributed by atoms with E-state index in [0.29, 0.717) is 5.69 Å². The highest BCUT2D eigenvalue weighted by Crippen LogP contribution is 2.27. The van der Waals surface area contributed by atoms with Gasteiger partial charge in [-0.05, 0) is 30.7 Å². The highest BCUT2D eigenvalue weighted by atomic mass is 79.9. The second kappa shape index (κ2) is 3.66. The van der Waals surface area contributed by atoms with Gasteiger partial charge in [0.05, 0.1) is 0 Å². The maximum atomic E-state index is 13.5. The smallest absolute Gasteiger partial charge is 0.192 e. The van der Waals surface area contributed by atoms with Crippen LogP contribution in [0.1, 0.15) is 5.56 Å². The lowest BCUT2D eigenvalue weighted by atomic mass is 10.1. The van der Waals surface area contributed by atoms with Crippen LogP contribution in [-0.4, -0.2) is 10.2 Å². The van der Waals surface area contributed by atoms with Gasteiger partial charge in [0, 0.05) is 10.0 Å². The number of nitrogens with one attached hydrogen (secondary N) is 1. The van der Waals surface area contributed by atoms with Crippen LogP contribution in [0.4, 0.5) is 10.2 Å². The number of H-pyrrole nitrogens is 1. The van der Waals surface area contributed by atoms with Crippen molar-refractivity contribution in [2.75, 3.05) is 5.73 Å². The maximum absolute atomic E-state index is 13.5. The van der Waals surface area contributed by atoms with Crippen molar-refractivity contribution in [2.45, 2.75) is 6.92 Å². The van der Waals surface area contributed by atoms with Gasteiger partial charge >= 0.3 is 0 Å². The molecule has 0 radical (unpaired) electrons. The van der Waals surface area contributed by atoms with Gasteiger partial charge in [0.1, 0.15) is 5.69 Å². The quantitative estimate of drug-likeness (QED) is 0.837. The Morgan fingerprint density at radius 2 is 2.13 bits per heavy atom. The molecule has 0 spiro atoms. The van der Waals surface area contributed by atoms with Crippen LogP contribution in [0.3, 0.4) is 0 Å². The molecule has 0 saturated heterocycles. The summed E-state index contributed by atoms with van der Waals surface area (Å²) in [6.07, 6.45) is 0. The molecule has 0 aliphatic carbocycles. The van der Waals surface area contributed by atoms with E-state index in [1.54, 1.807) is 0 Å². The Balaban J connectivity index is 2.58. The van der Waals surface area contributed by atoms with E-state index in [4.69, 9.17) is 5.73 Å². The normalized spacial score (nSPS) is 10.6. The summed E-state index contributed by atoms with van der Waals surface area (Å²) in [5, 5.41) is 6.19. The predicted octanol–water partition coefficient (Wildman–Crippen LogP) is 2.87. The Labute approximate surface area is 94.6 Å². The van der Waals surface area contributed by atoms with Crippen molar-refractivity contribution in [3.63, 3.8) is 0 Å². The molecule has 3 N–H and O–H groups in total. The number of nitrogens with zero attached hydrogens (tertiary/aromatic N) is 1. The summed E-state index contributed by atoms with van der Waals surface area (Å²) in [5.41, 5.74) is 7.40. The van der Waals surface area contributed by atoms with Gasteiger partial charge in [-0.15, -0.1) is 0 Å². The van der Waals surface area contributed by atoms with Crippen molar-refractivity contribution in [1.29, 1.82) is 0 Å². The van der Waals surface area contributed by atoms with E-state index in [-0.39, 0.29) is 5.82 Å². The first-order valence-electron chi connectivity index (χ1n) is 4.35. The fourth-order valence-electron chi connectivity index (χ4n) is 1.41. The molecular formula is C10H9BrFN3.